The second-order valence-electron chi connectivity index (χ2n) is 2.22. The third kappa shape index (κ3) is 1.59. The lowest BCUT2D eigenvalue weighted by Gasteiger charge is -1.93. The molecule has 0 aromatic heterocycles. The molecule has 0 nitrogen and oxygen atoms in total. The van der Waals surface area contributed by atoms with Crippen molar-refractivity contribution in [2.75, 3.05) is 0 Å². The molecule has 2 heteroatoms. The molecule has 1 saturated carbocycles. The molecule has 1 rings (SSSR count). The van der Waals surface area contributed by atoms with E-state index < -0.39 is 0 Å². The fourth-order valence-electron chi connectivity index (χ4n) is 0.671. The van der Waals surface area contributed by atoms with Gasteiger partial charge in [-0.25, -0.2) is 0 Å². The summed E-state index contributed by atoms with van der Waals surface area (Å²) in [5, 5.41) is 0. The van der Waals surface area contributed by atoms with Gasteiger partial charge in [0.15, 0.2) is 0 Å². The van der Waals surface area contributed by atoms with Crippen LogP contribution in [0.4, 0.5) is 0 Å². The molecule has 1 fully saturated rings. The molecule has 1 aliphatic carbocycles. The average molecular weight is 240 g/mol. The molecule has 0 unspecified atom stereocenters. The van der Waals surface area contributed by atoms with Gasteiger partial charge in [0.05, 0.1) is 3.39 Å². The first-order valence-electron chi connectivity index (χ1n) is 2.73. The molecular weight excluding hydrogens is 232 g/mol. The molecule has 0 aliphatic heterocycles. The van der Waals surface area contributed by atoms with Crippen LogP contribution in [0.2, 0.25) is 0 Å². The van der Waals surface area contributed by atoms with Crippen LogP contribution in [0.1, 0.15) is 19.8 Å². The standard InChI is InChI=1S/C6H8Br2/c1-4(6(7)8)5-2-3-5/h5H,2-3H2,1H3. The largest absolute Gasteiger partial charge is 0.0596 e. The first kappa shape index (κ1) is 6.81. The lowest BCUT2D eigenvalue weighted by Crippen LogP contribution is -1.75. The third-order valence-corrected chi connectivity index (χ3v) is 2.74. The van der Waals surface area contributed by atoms with Crippen molar-refractivity contribution >= 4 is 31.9 Å². The maximum atomic E-state index is 3.38. The number of allylic oxidation sites excluding steroid dienone is 1. The Morgan fingerprint density at radius 1 is 1.38 bits per heavy atom. The third-order valence-electron chi connectivity index (χ3n) is 1.49. The highest BCUT2D eigenvalue weighted by atomic mass is 79.9. The van der Waals surface area contributed by atoms with Crippen LogP contribution >= 0.6 is 31.9 Å². The van der Waals surface area contributed by atoms with Crippen molar-refractivity contribution in [3.8, 4) is 0 Å². The Morgan fingerprint density at radius 2 is 1.88 bits per heavy atom. The zero-order valence-electron chi connectivity index (χ0n) is 4.75. The second-order valence-corrected chi connectivity index (χ2v) is 4.87. The van der Waals surface area contributed by atoms with E-state index in [0.29, 0.717) is 0 Å². The Kier molecular flexibility index (Phi) is 2.15. The highest BCUT2D eigenvalue weighted by Gasteiger charge is 2.24. The molecule has 0 atom stereocenters. The van der Waals surface area contributed by atoms with Crippen LogP contribution in [0.25, 0.3) is 0 Å². The molecule has 0 bridgehead atoms. The SMILES string of the molecule is CC(=C(Br)Br)C1CC1. The number of hydrogen-bond donors (Lipinski definition) is 0. The van der Waals surface area contributed by atoms with Crippen LogP contribution in [-0.4, -0.2) is 0 Å². The van der Waals surface area contributed by atoms with Crippen molar-refractivity contribution in [3.63, 3.8) is 0 Å². The normalized spacial score (nSPS) is 18.4. The predicted octanol–water partition coefficient (Wildman–Crippen LogP) is 3.42. The second kappa shape index (κ2) is 2.53. The van der Waals surface area contributed by atoms with Crippen molar-refractivity contribution < 1.29 is 0 Å². The lowest BCUT2D eigenvalue weighted by atomic mass is 10.2. The van der Waals surface area contributed by atoms with E-state index in [4.69, 9.17) is 0 Å². The first-order chi connectivity index (χ1) is 3.72. The zero-order valence-corrected chi connectivity index (χ0v) is 7.92. The summed E-state index contributed by atoms with van der Waals surface area (Å²) in [6.07, 6.45) is 2.76. The Hall–Kier alpha value is 0.700. The van der Waals surface area contributed by atoms with Crippen molar-refractivity contribution in [1.82, 2.24) is 0 Å². The molecule has 0 amide bonds. The molecule has 1 aliphatic rings. The Morgan fingerprint density at radius 3 is 2.00 bits per heavy atom. The van der Waals surface area contributed by atoms with Gasteiger partial charge in [-0.1, -0.05) is 0 Å². The van der Waals surface area contributed by atoms with Gasteiger partial charge < -0.3 is 0 Å². The summed E-state index contributed by atoms with van der Waals surface area (Å²) in [5.74, 6) is 0.878. The summed E-state index contributed by atoms with van der Waals surface area (Å²) >= 11 is 6.75. The predicted molar refractivity (Wildman–Crippen MR) is 43.3 cm³/mol. The van der Waals surface area contributed by atoms with Gasteiger partial charge in [0.2, 0.25) is 0 Å². The van der Waals surface area contributed by atoms with Crippen LogP contribution in [-0.2, 0) is 0 Å². The molecule has 46 valence electrons. The first-order valence-corrected chi connectivity index (χ1v) is 4.32. The van der Waals surface area contributed by atoms with E-state index in [1.807, 2.05) is 0 Å². The maximum Gasteiger partial charge on any atom is 0.0596 e. The van der Waals surface area contributed by atoms with E-state index in [2.05, 4.69) is 38.8 Å². The molecule has 0 N–H and O–H groups in total. The number of halogens is 2. The van der Waals surface area contributed by atoms with Gasteiger partial charge >= 0.3 is 0 Å². The van der Waals surface area contributed by atoms with Crippen LogP contribution in [0.5, 0.6) is 0 Å². The monoisotopic (exact) mass is 238 g/mol. The average Bonchev–Trinajstić information content (AvgIpc) is 2.43. The fraction of sp³-hybridized carbons (Fsp3) is 0.667. The van der Waals surface area contributed by atoms with Gasteiger partial charge in [-0.05, 0) is 63.1 Å². The van der Waals surface area contributed by atoms with Crippen molar-refractivity contribution in [3.05, 3.63) is 8.96 Å². The Balaban J connectivity index is 2.54. The van der Waals surface area contributed by atoms with E-state index in [1.165, 1.54) is 18.4 Å². The van der Waals surface area contributed by atoms with E-state index in [-0.39, 0.29) is 0 Å². The molecular formula is C6H8Br2. The van der Waals surface area contributed by atoms with Crippen LogP contribution in [0, 0.1) is 5.92 Å². The van der Waals surface area contributed by atoms with Crippen LogP contribution in [0.3, 0.4) is 0 Å². The fourth-order valence-corrected chi connectivity index (χ4v) is 1.32. The summed E-state index contributed by atoms with van der Waals surface area (Å²) in [4.78, 5) is 0. The summed E-state index contributed by atoms with van der Waals surface area (Å²) in [5.41, 5.74) is 1.46. The van der Waals surface area contributed by atoms with Crippen molar-refractivity contribution in [2.24, 2.45) is 5.92 Å². The Bertz CT molecular complexity index is 118. The number of hydrogen-bond acceptors (Lipinski definition) is 0. The van der Waals surface area contributed by atoms with Crippen LogP contribution < -0.4 is 0 Å². The molecule has 0 aromatic rings. The summed E-state index contributed by atoms with van der Waals surface area (Å²) < 4.78 is 1.15. The maximum absolute atomic E-state index is 3.38. The van der Waals surface area contributed by atoms with Gasteiger partial charge in [-0.2, -0.15) is 0 Å². The highest BCUT2D eigenvalue weighted by molar-refractivity contribution is 9.28. The minimum atomic E-state index is 0.878. The van der Waals surface area contributed by atoms with E-state index in [0.717, 1.165) is 9.31 Å². The van der Waals surface area contributed by atoms with Crippen LogP contribution in [0.15, 0.2) is 8.96 Å². The molecule has 0 heterocycles. The summed E-state index contributed by atoms with van der Waals surface area (Å²) in [7, 11) is 0. The zero-order chi connectivity index (χ0) is 6.15. The van der Waals surface area contributed by atoms with Gasteiger partial charge in [-0.15, -0.1) is 0 Å². The molecule has 0 aromatic carbocycles. The van der Waals surface area contributed by atoms with Gasteiger partial charge in [0, 0.05) is 0 Å². The highest BCUT2D eigenvalue weighted by Crippen LogP contribution is 2.40. The molecule has 0 spiro atoms. The van der Waals surface area contributed by atoms with E-state index in [1.54, 1.807) is 0 Å². The number of rotatable bonds is 1. The molecule has 0 saturated heterocycles. The summed E-state index contributed by atoms with van der Waals surface area (Å²) in [6, 6.07) is 0. The molecule has 0 radical (unpaired) electrons. The van der Waals surface area contributed by atoms with Gasteiger partial charge in [0.1, 0.15) is 0 Å². The quantitative estimate of drug-likeness (QED) is 0.658. The lowest BCUT2D eigenvalue weighted by molar-refractivity contribution is 1.01. The Labute approximate surface area is 66.6 Å². The minimum Gasteiger partial charge on any atom is -0.0490 e. The topological polar surface area (TPSA) is 0 Å². The van der Waals surface area contributed by atoms with E-state index >= 15 is 0 Å². The molecule has 8 heavy (non-hydrogen) atoms. The van der Waals surface area contributed by atoms with Gasteiger partial charge in [-0.3, -0.25) is 0 Å². The van der Waals surface area contributed by atoms with Crippen molar-refractivity contribution in [1.29, 1.82) is 0 Å². The van der Waals surface area contributed by atoms with E-state index in [9.17, 15) is 0 Å². The van der Waals surface area contributed by atoms with Gasteiger partial charge in [0.25, 0.3) is 0 Å². The summed E-state index contributed by atoms with van der Waals surface area (Å²) in [6.45, 7) is 2.16. The minimum absolute atomic E-state index is 0.878. The smallest absolute Gasteiger partial charge is 0.0490 e. The van der Waals surface area contributed by atoms with Crippen molar-refractivity contribution in [2.45, 2.75) is 19.8 Å².